The molecular weight excluding hydrogens is 276 g/mol. The molecule has 0 saturated carbocycles. The van der Waals surface area contributed by atoms with Gasteiger partial charge in [0.15, 0.2) is 0 Å². The molecule has 108 valence electrons. The molecule has 0 saturated heterocycles. The third kappa shape index (κ3) is 4.07. The van der Waals surface area contributed by atoms with Crippen LogP contribution in [0.2, 0.25) is 0 Å². The molecule has 3 N–H and O–H groups in total. The molecule has 20 heavy (non-hydrogen) atoms. The zero-order chi connectivity index (χ0) is 14.6. The van der Waals surface area contributed by atoms with E-state index in [9.17, 15) is 8.42 Å². The average Bonchev–Trinajstić information content (AvgIpc) is 2.83. The third-order valence-electron chi connectivity index (χ3n) is 2.72. The minimum absolute atomic E-state index is 0.541. The zero-order valence-electron chi connectivity index (χ0n) is 11.3. The standard InChI is InChI=1S/C13H18N4O2S/c1-20(18,19)16-13-5-2-4-11(8-13)12-9-15-17(10-12)7-3-6-14/h2,4-5,8-10,16H,3,6-7,14H2,1H3. The van der Waals surface area contributed by atoms with E-state index in [-0.39, 0.29) is 0 Å². The molecule has 2 rings (SSSR count). The molecule has 1 aromatic heterocycles. The summed E-state index contributed by atoms with van der Waals surface area (Å²) in [5, 5.41) is 4.26. The largest absolute Gasteiger partial charge is 0.330 e. The van der Waals surface area contributed by atoms with Gasteiger partial charge in [0, 0.05) is 24.0 Å². The van der Waals surface area contributed by atoms with Gasteiger partial charge >= 0.3 is 0 Å². The Balaban J connectivity index is 2.20. The van der Waals surface area contributed by atoms with Crippen LogP contribution in [0, 0.1) is 0 Å². The van der Waals surface area contributed by atoms with Gasteiger partial charge in [-0.1, -0.05) is 12.1 Å². The molecule has 0 aliphatic carbocycles. The highest BCUT2D eigenvalue weighted by molar-refractivity contribution is 7.92. The van der Waals surface area contributed by atoms with Crippen molar-refractivity contribution in [2.75, 3.05) is 17.5 Å². The van der Waals surface area contributed by atoms with Gasteiger partial charge < -0.3 is 5.73 Å². The van der Waals surface area contributed by atoms with Crippen LogP contribution < -0.4 is 10.5 Å². The molecule has 0 spiro atoms. The summed E-state index contributed by atoms with van der Waals surface area (Å²) in [7, 11) is -3.27. The first-order valence-electron chi connectivity index (χ1n) is 6.29. The van der Waals surface area contributed by atoms with Crippen LogP contribution >= 0.6 is 0 Å². The van der Waals surface area contributed by atoms with E-state index in [2.05, 4.69) is 9.82 Å². The SMILES string of the molecule is CS(=O)(=O)Nc1cccc(-c2cnn(CCCN)c2)c1. The number of aryl methyl sites for hydroxylation is 1. The summed E-state index contributed by atoms with van der Waals surface area (Å²) in [5.74, 6) is 0. The highest BCUT2D eigenvalue weighted by atomic mass is 32.2. The monoisotopic (exact) mass is 294 g/mol. The Kier molecular flexibility index (Phi) is 4.41. The van der Waals surface area contributed by atoms with Gasteiger partial charge in [0.25, 0.3) is 0 Å². The molecule has 7 heteroatoms. The van der Waals surface area contributed by atoms with Gasteiger partial charge in [-0.2, -0.15) is 5.10 Å². The molecule has 1 aromatic carbocycles. The molecule has 0 radical (unpaired) electrons. The minimum Gasteiger partial charge on any atom is -0.330 e. The van der Waals surface area contributed by atoms with E-state index < -0.39 is 10.0 Å². The summed E-state index contributed by atoms with van der Waals surface area (Å²) < 4.78 is 26.8. The highest BCUT2D eigenvalue weighted by Crippen LogP contribution is 2.22. The second-order valence-electron chi connectivity index (χ2n) is 4.59. The van der Waals surface area contributed by atoms with Crippen LogP contribution in [0.15, 0.2) is 36.7 Å². The van der Waals surface area contributed by atoms with Crippen LogP contribution in [0.1, 0.15) is 6.42 Å². The first-order chi connectivity index (χ1) is 9.48. The van der Waals surface area contributed by atoms with Crippen molar-refractivity contribution in [3.8, 4) is 11.1 Å². The maximum atomic E-state index is 11.2. The quantitative estimate of drug-likeness (QED) is 0.839. The number of hydrogen-bond acceptors (Lipinski definition) is 4. The lowest BCUT2D eigenvalue weighted by Gasteiger charge is -2.05. The van der Waals surface area contributed by atoms with Gasteiger partial charge in [-0.05, 0) is 30.7 Å². The van der Waals surface area contributed by atoms with E-state index in [1.165, 1.54) is 0 Å². The van der Waals surface area contributed by atoms with Crippen molar-refractivity contribution in [2.24, 2.45) is 5.73 Å². The van der Waals surface area contributed by atoms with Crippen molar-refractivity contribution in [3.63, 3.8) is 0 Å². The van der Waals surface area contributed by atoms with Crippen LogP contribution in [-0.4, -0.2) is 31.0 Å². The summed E-state index contributed by atoms with van der Waals surface area (Å²) in [4.78, 5) is 0. The predicted octanol–water partition coefficient (Wildman–Crippen LogP) is 1.27. The number of sulfonamides is 1. The molecule has 2 aromatic rings. The molecule has 0 fully saturated rings. The summed E-state index contributed by atoms with van der Waals surface area (Å²) in [6.45, 7) is 1.40. The summed E-state index contributed by atoms with van der Waals surface area (Å²) in [6.07, 6.45) is 5.69. The van der Waals surface area contributed by atoms with Crippen molar-refractivity contribution in [3.05, 3.63) is 36.7 Å². The topological polar surface area (TPSA) is 90.0 Å². The number of nitrogens with two attached hydrogens (primary N) is 1. The molecule has 0 aliphatic heterocycles. The fourth-order valence-corrected chi connectivity index (χ4v) is 2.42. The Morgan fingerprint density at radius 3 is 2.85 bits per heavy atom. The molecule has 0 aliphatic rings. The fourth-order valence-electron chi connectivity index (χ4n) is 1.86. The van der Waals surface area contributed by atoms with Gasteiger partial charge in [-0.25, -0.2) is 8.42 Å². The Morgan fingerprint density at radius 2 is 2.15 bits per heavy atom. The number of nitrogens with one attached hydrogen (secondary N) is 1. The van der Waals surface area contributed by atoms with Gasteiger partial charge in [0.05, 0.1) is 12.5 Å². The lowest BCUT2D eigenvalue weighted by Crippen LogP contribution is -2.09. The van der Waals surface area contributed by atoms with Gasteiger partial charge in [-0.3, -0.25) is 9.40 Å². The number of hydrogen-bond donors (Lipinski definition) is 2. The third-order valence-corrected chi connectivity index (χ3v) is 3.33. The van der Waals surface area contributed by atoms with E-state index in [1.54, 1.807) is 24.4 Å². The highest BCUT2D eigenvalue weighted by Gasteiger charge is 2.05. The van der Waals surface area contributed by atoms with Crippen molar-refractivity contribution >= 4 is 15.7 Å². The maximum Gasteiger partial charge on any atom is 0.229 e. The van der Waals surface area contributed by atoms with Crippen LogP contribution in [0.25, 0.3) is 11.1 Å². The van der Waals surface area contributed by atoms with Crippen LogP contribution in [0.5, 0.6) is 0 Å². The summed E-state index contributed by atoms with van der Waals surface area (Å²) >= 11 is 0. The van der Waals surface area contributed by atoms with Crippen molar-refractivity contribution in [1.29, 1.82) is 0 Å². The number of aromatic nitrogens is 2. The molecule has 0 amide bonds. The van der Waals surface area contributed by atoms with Gasteiger partial charge in [0.2, 0.25) is 10.0 Å². The molecule has 6 nitrogen and oxygen atoms in total. The van der Waals surface area contributed by atoms with Crippen molar-refractivity contribution < 1.29 is 8.42 Å². The van der Waals surface area contributed by atoms with E-state index >= 15 is 0 Å². The molecular formula is C13H18N4O2S. The van der Waals surface area contributed by atoms with Crippen molar-refractivity contribution in [1.82, 2.24) is 9.78 Å². The normalized spacial score (nSPS) is 11.5. The van der Waals surface area contributed by atoms with E-state index in [1.807, 2.05) is 16.9 Å². The van der Waals surface area contributed by atoms with Gasteiger partial charge in [-0.15, -0.1) is 0 Å². The Hall–Kier alpha value is -1.86. The molecule has 0 atom stereocenters. The van der Waals surface area contributed by atoms with E-state index in [4.69, 9.17) is 5.73 Å². The second-order valence-corrected chi connectivity index (χ2v) is 6.34. The van der Waals surface area contributed by atoms with E-state index in [0.717, 1.165) is 30.3 Å². The lowest BCUT2D eigenvalue weighted by molar-refractivity contribution is 0.585. The van der Waals surface area contributed by atoms with Crippen LogP contribution in [0.4, 0.5) is 5.69 Å². The first kappa shape index (κ1) is 14.5. The second kappa shape index (κ2) is 6.06. The van der Waals surface area contributed by atoms with Crippen LogP contribution in [0.3, 0.4) is 0 Å². The number of nitrogens with zero attached hydrogens (tertiary/aromatic N) is 2. The predicted molar refractivity (Wildman–Crippen MR) is 79.8 cm³/mol. The maximum absolute atomic E-state index is 11.2. The fraction of sp³-hybridized carbons (Fsp3) is 0.308. The number of rotatable bonds is 6. The van der Waals surface area contributed by atoms with E-state index in [0.29, 0.717) is 12.2 Å². The smallest absolute Gasteiger partial charge is 0.229 e. The minimum atomic E-state index is -3.27. The summed E-state index contributed by atoms with van der Waals surface area (Å²) in [6, 6.07) is 7.21. The lowest BCUT2D eigenvalue weighted by atomic mass is 10.1. The molecule has 0 unspecified atom stereocenters. The number of benzene rings is 1. The molecule has 0 bridgehead atoms. The van der Waals surface area contributed by atoms with Crippen LogP contribution in [-0.2, 0) is 16.6 Å². The average molecular weight is 294 g/mol. The Labute approximate surface area is 118 Å². The zero-order valence-corrected chi connectivity index (χ0v) is 12.1. The Morgan fingerprint density at radius 1 is 1.35 bits per heavy atom. The summed E-state index contributed by atoms with van der Waals surface area (Å²) in [5.41, 5.74) is 7.87. The Bertz CT molecular complexity index is 679. The first-order valence-corrected chi connectivity index (χ1v) is 8.18. The van der Waals surface area contributed by atoms with Gasteiger partial charge in [0.1, 0.15) is 0 Å². The van der Waals surface area contributed by atoms with Crippen molar-refractivity contribution in [2.45, 2.75) is 13.0 Å². The number of anilines is 1. The molecule has 1 heterocycles.